The van der Waals surface area contributed by atoms with E-state index < -0.39 is 22.7 Å². The summed E-state index contributed by atoms with van der Waals surface area (Å²) < 4.78 is 0. The number of para-hydroxylation sites is 1. The third kappa shape index (κ3) is 1.75. The summed E-state index contributed by atoms with van der Waals surface area (Å²) in [5, 5.41) is 13.3. The van der Waals surface area contributed by atoms with Crippen molar-refractivity contribution in [3.05, 3.63) is 51.8 Å². The predicted molar refractivity (Wildman–Crippen MR) is 69.4 cm³/mol. The number of Topliss-reactive ketones (excluding diaryl/α,β-unsaturated/α-hetero) is 1. The van der Waals surface area contributed by atoms with Crippen molar-refractivity contribution in [1.82, 2.24) is 5.32 Å². The first kappa shape index (κ1) is 12.3. The van der Waals surface area contributed by atoms with Crippen molar-refractivity contribution >= 4 is 17.4 Å². The Labute approximate surface area is 114 Å². The molecule has 102 valence electrons. The molecule has 0 aromatic heterocycles. The Morgan fingerprint density at radius 1 is 1.25 bits per heavy atom. The van der Waals surface area contributed by atoms with E-state index in [9.17, 15) is 19.7 Å². The van der Waals surface area contributed by atoms with Crippen LogP contribution < -0.4 is 10.2 Å². The van der Waals surface area contributed by atoms with E-state index in [1.807, 2.05) is 30.3 Å². The van der Waals surface area contributed by atoms with Gasteiger partial charge >= 0.3 is 11.9 Å². The molecule has 1 unspecified atom stereocenters. The average Bonchev–Trinajstić information content (AvgIpc) is 2.83. The third-order valence-electron chi connectivity index (χ3n) is 3.46. The van der Waals surface area contributed by atoms with Crippen molar-refractivity contribution in [1.29, 1.82) is 0 Å². The second-order valence-corrected chi connectivity index (χ2v) is 4.61. The lowest BCUT2D eigenvalue weighted by Gasteiger charge is -2.25. The van der Waals surface area contributed by atoms with Gasteiger partial charge in [-0.2, -0.15) is 0 Å². The van der Waals surface area contributed by atoms with Crippen LogP contribution in [0.1, 0.15) is 6.42 Å². The second kappa shape index (κ2) is 4.44. The van der Waals surface area contributed by atoms with Crippen molar-refractivity contribution in [3.8, 4) is 0 Å². The highest BCUT2D eigenvalue weighted by atomic mass is 16.6. The standard InChI is InChI=1S/C13H11N3O4/c17-11-9-6-7-15(8-4-2-1-3-5-8)12(9)14-13(18)10(11)16(19)20/h1-5,10H,6-7H2,(H,14,18). The summed E-state index contributed by atoms with van der Waals surface area (Å²) in [6.07, 6.45) is 0.397. The van der Waals surface area contributed by atoms with Gasteiger partial charge in [-0.15, -0.1) is 0 Å². The van der Waals surface area contributed by atoms with Crippen LogP contribution in [-0.4, -0.2) is 29.2 Å². The molecule has 3 rings (SSSR count). The fourth-order valence-electron chi connectivity index (χ4n) is 2.53. The van der Waals surface area contributed by atoms with Crippen molar-refractivity contribution in [2.45, 2.75) is 12.5 Å². The lowest BCUT2D eigenvalue weighted by atomic mass is 10.00. The molecule has 0 radical (unpaired) electrons. The van der Waals surface area contributed by atoms with E-state index in [1.54, 1.807) is 4.90 Å². The number of ketones is 1. The molecule has 1 aromatic carbocycles. The molecule has 0 saturated carbocycles. The normalized spacial score (nSPS) is 21.8. The van der Waals surface area contributed by atoms with Crippen LogP contribution in [0.15, 0.2) is 41.7 Å². The van der Waals surface area contributed by atoms with Gasteiger partial charge in [-0.05, 0) is 18.6 Å². The first-order chi connectivity index (χ1) is 9.59. The largest absolute Gasteiger partial charge is 0.351 e. The molecule has 0 spiro atoms. The number of anilines is 1. The van der Waals surface area contributed by atoms with Crippen LogP contribution in [0.4, 0.5) is 5.69 Å². The first-order valence-electron chi connectivity index (χ1n) is 6.14. The van der Waals surface area contributed by atoms with Gasteiger partial charge in [0, 0.05) is 22.7 Å². The summed E-state index contributed by atoms with van der Waals surface area (Å²) in [4.78, 5) is 35.5. The van der Waals surface area contributed by atoms with Gasteiger partial charge in [0.15, 0.2) is 0 Å². The molecule has 1 aromatic rings. The number of rotatable bonds is 2. The molecule has 0 aliphatic carbocycles. The summed E-state index contributed by atoms with van der Waals surface area (Å²) in [6, 6.07) is 7.45. The van der Waals surface area contributed by atoms with E-state index in [1.165, 1.54) is 0 Å². The third-order valence-corrected chi connectivity index (χ3v) is 3.46. The van der Waals surface area contributed by atoms with Crippen molar-refractivity contribution < 1.29 is 14.5 Å². The van der Waals surface area contributed by atoms with Crippen LogP contribution >= 0.6 is 0 Å². The maximum Gasteiger partial charge on any atom is 0.351 e. The minimum atomic E-state index is -1.82. The minimum absolute atomic E-state index is 0.329. The zero-order chi connectivity index (χ0) is 14.3. The molecule has 1 N–H and O–H groups in total. The topological polar surface area (TPSA) is 92.6 Å². The molecule has 7 nitrogen and oxygen atoms in total. The maximum absolute atomic E-state index is 12.0. The van der Waals surface area contributed by atoms with E-state index in [0.29, 0.717) is 24.4 Å². The van der Waals surface area contributed by atoms with E-state index in [2.05, 4.69) is 5.32 Å². The van der Waals surface area contributed by atoms with Crippen LogP contribution in [0.3, 0.4) is 0 Å². The van der Waals surface area contributed by atoms with Crippen molar-refractivity contribution in [3.63, 3.8) is 0 Å². The van der Waals surface area contributed by atoms with E-state index in [4.69, 9.17) is 0 Å². The molecule has 0 saturated heterocycles. The summed E-state index contributed by atoms with van der Waals surface area (Å²) in [6.45, 7) is 0.519. The Morgan fingerprint density at radius 2 is 1.95 bits per heavy atom. The summed E-state index contributed by atoms with van der Waals surface area (Å²) >= 11 is 0. The van der Waals surface area contributed by atoms with Crippen LogP contribution in [0.25, 0.3) is 0 Å². The number of benzene rings is 1. The molecule has 0 bridgehead atoms. The molecule has 2 heterocycles. The predicted octanol–water partition coefficient (Wildman–Crippen LogP) is 0.453. The fourth-order valence-corrected chi connectivity index (χ4v) is 2.53. The smallest absolute Gasteiger partial charge is 0.327 e. The quantitative estimate of drug-likeness (QED) is 0.480. The zero-order valence-corrected chi connectivity index (χ0v) is 10.4. The molecular formula is C13H11N3O4. The number of carbonyl (C=O) groups is 2. The first-order valence-corrected chi connectivity index (χ1v) is 6.14. The minimum Gasteiger partial charge on any atom is -0.327 e. The van der Waals surface area contributed by atoms with Gasteiger partial charge in [-0.3, -0.25) is 19.7 Å². The van der Waals surface area contributed by atoms with Gasteiger partial charge in [0.2, 0.25) is 5.78 Å². The Hall–Kier alpha value is -2.70. The van der Waals surface area contributed by atoms with Crippen molar-refractivity contribution in [2.24, 2.45) is 0 Å². The molecule has 1 amide bonds. The van der Waals surface area contributed by atoms with Crippen LogP contribution in [0.5, 0.6) is 0 Å². The molecule has 0 fully saturated rings. The fraction of sp³-hybridized carbons (Fsp3) is 0.231. The SMILES string of the molecule is O=C1NC2=C(CCN2c2ccccc2)C(=O)C1[N+](=O)[O-]. The monoisotopic (exact) mass is 273 g/mol. The number of carbonyl (C=O) groups excluding carboxylic acids is 2. The van der Waals surface area contributed by atoms with Gasteiger partial charge in [0.05, 0.1) is 0 Å². The maximum atomic E-state index is 12.0. The molecular weight excluding hydrogens is 262 g/mol. The van der Waals surface area contributed by atoms with Crippen molar-refractivity contribution in [2.75, 3.05) is 11.4 Å². The van der Waals surface area contributed by atoms with E-state index in [0.717, 1.165) is 5.69 Å². The summed E-state index contributed by atoms with van der Waals surface area (Å²) in [7, 11) is 0. The number of hydrogen-bond donors (Lipinski definition) is 1. The van der Waals surface area contributed by atoms with E-state index >= 15 is 0 Å². The molecule has 7 heteroatoms. The van der Waals surface area contributed by atoms with Gasteiger partial charge in [0.25, 0.3) is 0 Å². The lowest BCUT2D eigenvalue weighted by molar-refractivity contribution is -0.493. The van der Waals surface area contributed by atoms with Gasteiger partial charge in [0.1, 0.15) is 5.82 Å². The summed E-state index contributed by atoms with van der Waals surface area (Å²) in [5.41, 5.74) is 1.17. The van der Waals surface area contributed by atoms with Gasteiger partial charge < -0.3 is 10.2 Å². The Morgan fingerprint density at radius 3 is 2.60 bits per heavy atom. The highest BCUT2D eigenvalue weighted by molar-refractivity contribution is 6.16. The van der Waals surface area contributed by atoms with Gasteiger partial charge in [-0.1, -0.05) is 18.2 Å². The number of amides is 1. The molecule has 2 aliphatic rings. The second-order valence-electron chi connectivity index (χ2n) is 4.61. The number of nitrogens with zero attached hydrogens (tertiary/aromatic N) is 2. The number of nitro groups is 1. The zero-order valence-electron chi connectivity index (χ0n) is 10.4. The van der Waals surface area contributed by atoms with Crippen LogP contribution in [-0.2, 0) is 9.59 Å². The Bertz CT molecular complexity index is 638. The van der Waals surface area contributed by atoms with Crippen LogP contribution in [0.2, 0.25) is 0 Å². The lowest BCUT2D eigenvalue weighted by Crippen LogP contribution is -2.51. The molecule has 20 heavy (non-hydrogen) atoms. The summed E-state index contributed by atoms with van der Waals surface area (Å²) in [5.74, 6) is -1.20. The average molecular weight is 273 g/mol. The Kier molecular flexibility index (Phi) is 2.74. The highest BCUT2D eigenvalue weighted by Gasteiger charge is 2.47. The van der Waals surface area contributed by atoms with Crippen LogP contribution in [0, 0.1) is 10.1 Å². The number of nitrogens with one attached hydrogen (secondary N) is 1. The molecule has 2 aliphatic heterocycles. The van der Waals surface area contributed by atoms with Gasteiger partial charge in [-0.25, -0.2) is 0 Å². The highest BCUT2D eigenvalue weighted by Crippen LogP contribution is 2.31. The molecule has 1 atom stereocenters. The Balaban J connectivity index is 2.00. The number of hydrogen-bond acceptors (Lipinski definition) is 5. The van der Waals surface area contributed by atoms with E-state index in [-0.39, 0.29) is 0 Å².